The first-order chi connectivity index (χ1) is 17.4. The topological polar surface area (TPSA) is 101 Å². The highest BCUT2D eigenvalue weighted by atomic mass is 35.5. The Bertz CT molecular complexity index is 1320. The number of hydrogen-bond donors (Lipinski definition) is 2. The number of rotatable bonds is 9. The quantitative estimate of drug-likeness (QED) is 0.389. The molecule has 2 aromatic carbocycles. The van der Waals surface area contributed by atoms with Crippen LogP contribution in [0.3, 0.4) is 0 Å². The number of hydrogen-bond acceptors (Lipinski definition) is 6. The number of ether oxygens (including phenoxy) is 1. The van der Waals surface area contributed by atoms with Gasteiger partial charge in [-0.05, 0) is 61.7 Å². The Hall–Kier alpha value is -2.88. The van der Waals surface area contributed by atoms with Gasteiger partial charge in [-0.2, -0.15) is 4.31 Å². The maximum absolute atomic E-state index is 13.3. The van der Waals surface area contributed by atoms with Gasteiger partial charge in [-0.15, -0.1) is 0 Å². The minimum atomic E-state index is -3.76. The van der Waals surface area contributed by atoms with Crippen molar-refractivity contribution >= 4 is 44.1 Å². The van der Waals surface area contributed by atoms with E-state index < -0.39 is 10.0 Å². The lowest BCUT2D eigenvalue weighted by Crippen LogP contribution is -2.32. The number of methoxy groups -OCH3 is 1. The zero-order chi connectivity index (χ0) is 25.5. The molecule has 36 heavy (non-hydrogen) atoms. The predicted molar refractivity (Wildman–Crippen MR) is 142 cm³/mol. The normalized spacial score (nSPS) is 14.8. The maximum atomic E-state index is 13.3. The van der Waals surface area contributed by atoms with E-state index >= 15 is 0 Å². The van der Waals surface area contributed by atoms with Crippen molar-refractivity contribution in [1.82, 2.24) is 14.6 Å². The third-order valence-corrected chi connectivity index (χ3v) is 8.42. The number of anilines is 1. The molecule has 3 aromatic rings. The molecule has 1 fully saturated rings. The molecule has 2 N–H and O–H groups in total. The second-order valence-corrected chi connectivity index (χ2v) is 11.1. The zero-order valence-corrected chi connectivity index (χ0v) is 21.9. The van der Waals surface area contributed by atoms with Crippen LogP contribution in [0.4, 0.5) is 5.69 Å². The van der Waals surface area contributed by atoms with Crippen molar-refractivity contribution in [2.24, 2.45) is 0 Å². The van der Waals surface area contributed by atoms with Crippen LogP contribution >= 0.6 is 11.6 Å². The first-order valence-corrected chi connectivity index (χ1v) is 14.0. The lowest BCUT2D eigenvalue weighted by atomic mass is 10.2. The number of carbonyl (C=O) groups excluding carboxylic acids is 1. The monoisotopic (exact) mass is 530 g/mol. The van der Waals surface area contributed by atoms with Crippen LogP contribution in [0.25, 0.3) is 10.9 Å². The van der Waals surface area contributed by atoms with Crippen LogP contribution in [0.5, 0.6) is 5.75 Å². The number of pyridine rings is 1. The van der Waals surface area contributed by atoms with E-state index in [0.29, 0.717) is 37.6 Å². The molecule has 10 heteroatoms. The Morgan fingerprint density at radius 1 is 1.06 bits per heavy atom. The number of nitrogens with zero attached hydrogens (tertiary/aromatic N) is 2. The fourth-order valence-electron chi connectivity index (χ4n) is 4.33. The van der Waals surface area contributed by atoms with Crippen molar-refractivity contribution in [1.29, 1.82) is 0 Å². The molecule has 2 heterocycles. The van der Waals surface area contributed by atoms with Crippen molar-refractivity contribution in [3.05, 3.63) is 59.2 Å². The summed E-state index contributed by atoms with van der Waals surface area (Å²) in [5.74, 6) is -0.0835. The van der Waals surface area contributed by atoms with Gasteiger partial charge in [0.25, 0.3) is 5.91 Å². The van der Waals surface area contributed by atoms with Crippen LogP contribution < -0.4 is 15.4 Å². The van der Waals surface area contributed by atoms with Crippen molar-refractivity contribution in [2.75, 3.05) is 38.6 Å². The summed E-state index contributed by atoms with van der Waals surface area (Å²) in [6.45, 7) is 2.03. The van der Waals surface area contributed by atoms with Crippen molar-refractivity contribution in [3.8, 4) is 5.75 Å². The van der Waals surface area contributed by atoms with E-state index in [4.69, 9.17) is 16.3 Å². The molecule has 0 saturated carbocycles. The molecular weight excluding hydrogens is 500 g/mol. The summed E-state index contributed by atoms with van der Waals surface area (Å²) in [6.07, 6.45) is 6.11. The molecule has 0 aliphatic carbocycles. The highest BCUT2D eigenvalue weighted by molar-refractivity contribution is 7.89. The molecule has 0 radical (unpaired) electrons. The highest BCUT2D eigenvalue weighted by Gasteiger charge is 2.29. The largest absolute Gasteiger partial charge is 0.495 e. The van der Waals surface area contributed by atoms with E-state index in [1.807, 2.05) is 24.3 Å². The summed E-state index contributed by atoms with van der Waals surface area (Å²) >= 11 is 6.05. The molecule has 4 rings (SSSR count). The first kappa shape index (κ1) is 26.2. The zero-order valence-electron chi connectivity index (χ0n) is 20.3. The fraction of sp³-hybridized carbons (Fsp3) is 0.385. The average molecular weight is 531 g/mol. The van der Waals surface area contributed by atoms with Crippen LogP contribution in [0.15, 0.2) is 53.6 Å². The second-order valence-electron chi connectivity index (χ2n) is 8.74. The first-order valence-electron chi connectivity index (χ1n) is 12.1. The van der Waals surface area contributed by atoms with Gasteiger partial charge in [-0.3, -0.25) is 9.78 Å². The van der Waals surface area contributed by atoms with Crippen molar-refractivity contribution in [3.63, 3.8) is 0 Å². The molecule has 0 bridgehead atoms. The second kappa shape index (κ2) is 11.9. The molecule has 0 atom stereocenters. The lowest BCUT2D eigenvalue weighted by molar-refractivity contribution is 0.0953. The minimum Gasteiger partial charge on any atom is -0.495 e. The van der Waals surface area contributed by atoms with Gasteiger partial charge in [0.15, 0.2) is 0 Å². The summed E-state index contributed by atoms with van der Waals surface area (Å²) in [5, 5.41) is 7.86. The van der Waals surface area contributed by atoms with E-state index in [1.54, 1.807) is 18.3 Å². The summed E-state index contributed by atoms with van der Waals surface area (Å²) < 4.78 is 33.5. The molecule has 0 unspecified atom stereocenters. The molecule has 1 aliphatic rings. The van der Waals surface area contributed by atoms with Gasteiger partial charge in [-0.1, -0.05) is 24.4 Å². The Labute approximate surface area is 217 Å². The third kappa shape index (κ3) is 6.08. The Kier molecular flexibility index (Phi) is 8.66. The molecule has 1 aromatic heterocycles. The number of fused-ring (bicyclic) bond motifs is 1. The number of amides is 1. The third-order valence-electron chi connectivity index (χ3n) is 6.27. The van der Waals surface area contributed by atoms with Gasteiger partial charge in [0.1, 0.15) is 10.6 Å². The van der Waals surface area contributed by atoms with Crippen LogP contribution in [0.2, 0.25) is 5.02 Å². The van der Waals surface area contributed by atoms with Crippen LogP contribution in [-0.2, 0) is 10.0 Å². The number of halogens is 1. The Balaban J connectivity index is 1.36. The average Bonchev–Trinajstić information content (AvgIpc) is 3.18. The lowest BCUT2D eigenvalue weighted by Gasteiger charge is -2.21. The minimum absolute atomic E-state index is 0.0332. The molecule has 192 valence electrons. The fourth-order valence-corrected chi connectivity index (χ4v) is 6.20. The number of sulfonamides is 1. The van der Waals surface area contributed by atoms with Gasteiger partial charge in [0.2, 0.25) is 10.0 Å². The predicted octanol–water partition coefficient (Wildman–Crippen LogP) is 4.69. The van der Waals surface area contributed by atoms with Crippen molar-refractivity contribution < 1.29 is 17.9 Å². The summed E-state index contributed by atoms with van der Waals surface area (Å²) in [6, 6.07) is 12.0. The summed E-state index contributed by atoms with van der Waals surface area (Å²) in [4.78, 5) is 17.2. The van der Waals surface area contributed by atoms with E-state index in [9.17, 15) is 13.2 Å². The Morgan fingerprint density at radius 2 is 1.83 bits per heavy atom. The van der Waals surface area contributed by atoms with Gasteiger partial charge < -0.3 is 15.4 Å². The van der Waals surface area contributed by atoms with Gasteiger partial charge in [0.05, 0.1) is 12.6 Å². The smallest absolute Gasteiger partial charge is 0.251 e. The molecule has 1 aliphatic heterocycles. The van der Waals surface area contributed by atoms with E-state index in [0.717, 1.165) is 42.3 Å². The van der Waals surface area contributed by atoms with E-state index in [2.05, 4.69) is 15.6 Å². The van der Waals surface area contributed by atoms with Crippen LogP contribution in [-0.4, -0.2) is 56.9 Å². The number of carbonyl (C=O) groups is 1. The van der Waals surface area contributed by atoms with Gasteiger partial charge in [0, 0.05) is 54.0 Å². The summed E-state index contributed by atoms with van der Waals surface area (Å²) in [5.41, 5.74) is 2.04. The number of aromatic nitrogens is 1. The molecular formula is C26H31ClN4O4S. The molecule has 0 spiro atoms. The van der Waals surface area contributed by atoms with Gasteiger partial charge >= 0.3 is 0 Å². The molecule has 1 amide bonds. The number of benzene rings is 2. The van der Waals surface area contributed by atoms with Crippen LogP contribution in [0, 0.1) is 0 Å². The summed E-state index contributed by atoms with van der Waals surface area (Å²) in [7, 11) is -2.33. The van der Waals surface area contributed by atoms with Crippen molar-refractivity contribution in [2.45, 2.75) is 37.0 Å². The van der Waals surface area contributed by atoms with Gasteiger partial charge in [-0.25, -0.2) is 8.42 Å². The van der Waals surface area contributed by atoms with Crippen LogP contribution in [0.1, 0.15) is 42.5 Å². The maximum Gasteiger partial charge on any atom is 0.251 e. The van der Waals surface area contributed by atoms with E-state index in [1.165, 1.54) is 17.5 Å². The van der Waals surface area contributed by atoms with E-state index in [-0.39, 0.29) is 22.1 Å². The number of nitrogens with one attached hydrogen (secondary N) is 2. The molecule has 1 saturated heterocycles. The SMILES string of the molecule is COc1ccc(C(=O)NCCCNc2ccnc3cc(Cl)ccc23)cc1S(=O)(=O)N1CCCCCC1. The highest BCUT2D eigenvalue weighted by Crippen LogP contribution is 2.29. The molecule has 8 nitrogen and oxygen atoms in total. The Morgan fingerprint density at radius 3 is 2.58 bits per heavy atom. The standard InChI is InChI=1S/C26H31ClN4O4S/c1-35-24-10-7-19(17-25(24)36(33,34)31-15-4-2-3-5-16-31)26(32)30-13-6-12-28-22-11-14-29-23-18-20(27)8-9-21(22)23/h7-11,14,17-18H,2-6,12-13,15-16H2,1H3,(H,28,29)(H,30,32).